The fourth-order valence-corrected chi connectivity index (χ4v) is 3.47. The van der Waals surface area contributed by atoms with E-state index >= 15 is 0 Å². The number of anilines is 2. The molecule has 0 fully saturated rings. The van der Waals surface area contributed by atoms with Gasteiger partial charge in [-0.15, -0.1) is 0 Å². The first-order valence-corrected chi connectivity index (χ1v) is 11.7. The molecule has 2 aromatic carbocycles. The molecule has 0 bridgehead atoms. The smallest absolute Gasteiger partial charge is 0.354 e. The number of carboxylic acids is 1. The molecule has 0 radical (unpaired) electrons. The van der Waals surface area contributed by atoms with Crippen LogP contribution < -0.4 is 20.3 Å². The number of benzene rings is 2. The van der Waals surface area contributed by atoms with Crippen LogP contribution in [-0.4, -0.2) is 61.2 Å². The van der Waals surface area contributed by atoms with Crippen LogP contribution in [0.3, 0.4) is 0 Å². The second-order valence-electron chi connectivity index (χ2n) is 8.58. The zero-order chi connectivity index (χ0) is 26.2. The van der Waals surface area contributed by atoms with E-state index in [1.54, 1.807) is 18.2 Å². The van der Waals surface area contributed by atoms with Crippen LogP contribution >= 0.6 is 11.6 Å². The number of nitrogens with zero attached hydrogens (tertiary/aromatic N) is 3. The molecule has 3 N–H and O–H groups in total. The lowest BCUT2D eigenvalue weighted by Crippen LogP contribution is -2.31. The van der Waals surface area contributed by atoms with Gasteiger partial charge in [-0.3, -0.25) is 0 Å². The fourth-order valence-electron chi connectivity index (χ4n) is 3.31. The lowest BCUT2D eigenvalue weighted by atomic mass is 10.1. The Morgan fingerprint density at radius 3 is 2.42 bits per heavy atom. The number of aromatic nitrogens is 1. The minimum absolute atomic E-state index is 0.0951. The first kappa shape index (κ1) is 26.8. The predicted molar refractivity (Wildman–Crippen MR) is 142 cm³/mol. The molecule has 3 rings (SSSR count). The van der Waals surface area contributed by atoms with E-state index in [0.29, 0.717) is 28.8 Å². The molecule has 0 atom stereocenters. The molecular weight excluding hydrogens is 482 g/mol. The Morgan fingerprint density at radius 1 is 1.03 bits per heavy atom. The number of aryl methyl sites for hydroxylation is 1. The molecule has 3 aromatic rings. The summed E-state index contributed by atoms with van der Waals surface area (Å²) >= 11 is 6.35. The topological polar surface area (TPSA) is 107 Å². The zero-order valence-corrected chi connectivity index (χ0v) is 21.5. The van der Waals surface area contributed by atoms with Gasteiger partial charge in [-0.2, -0.15) is 0 Å². The van der Waals surface area contributed by atoms with Gasteiger partial charge in [0.15, 0.2) is 5.69 Å². The van der Waals surface area contributed by atoms with Crippen LogP contribution in [-0.2, 0) is 6.54 Å². The first-order valence-electron chi connectivity index (χ1n) is 11.3. The highest BCUT2D eigenvalue weighted by Gasteiger charge is 2.14. The molecule has 0 aliphatic carbocycles. The number of urea groups is 1. The number of rotatable bonds is 10. The highest BCUT2D eigenvalue weighted by atomic mass is 35.5. The molecule has 10 heteroatoms. The van der Waals surface area contributed by atoms with E-state index in [0.717, 1.165) is 29.9 Å². The van der Waals surface area contributed by atoms with Gasteiger partial charge in [-0.25, -0.2) is 14.6 Å². The molecule has 190 valence electrons. The SMILES string of the molecule is Cc1cc(NC(=O)NCc2ccc(Oc3ccnc(C(=O)O)c3)cc2)c(N(C)CCN(C)C)cc1Cl. The van der Waals surface area contributed by atoms with Crippen LogP contribution in [0.1, 0.15) is 21.6 Å². The van der Waals surface area contributed by atoms with Crippen molar-refractivity contribution >= 4 is 35.0 Å². The molecule has 1 heterocycles. The number of nitrogens with one attached hydrogen (secondary N) is 2. The number of likely N-dealkylation sites (N-methyl/N-ethyl adjacent to an activating group) is 2. The molecule has 1 aromatic heterocycles. The van der Waals surface area contributed by atoms with Crippen molar-refractivity contribution in [2.45, 2.75) is 13.5 Å². The minimum atomic E-state index is -1.12. The number of halogens is 1. The third kappa shape index (κ3) is 7.59. The highest BCUT2D eigenvalue weighted by Crippen LogP contribution is 2.31. The predicted octanol–water partition coefficient (Wildman–Crippen LogP) is 4.85. The van der Waals surface area contributed by atoms with Crippen molar-refractivity contribution in [1.82, 2.24) is 15.2 Å². The van der Waals surface area contributed by atoms with E-state index in [2.05, 4.69) is 25.4 Å². The van der Waals surface area contributed by atoms with Crippen molar-refractivity contribution in [1.29, 1.82) is 0 Å². The molecule has 0 aliphatic rings. The van der Waals surface area contributed by atoms with Crippen LogP contribution in [0.15, 0.2) is 54.7 Å². The summed E-state index contributed by atoms with van der Waals surface area (Å²) in [7, 11) is 5.98. The normalized spacial score (nSPS) is 10.7. The number of ether oxygens (including phenoxy) is 1. The molecule has 2 amide bonds. The first-order chi connectivity index (χ1) is 17.1. The number of amides is 2. The lowest BCUT2D eigenvalue weighted by molar-refractivity contribution is 0.0690. The summed E-state index contributed by atoms with van der Waals surface area (Å²) in [6, 6.07) is 13.5. The average molecular weight is 512 g/mol. The number of carbonyl (C=O) groups excluding carboxylic acids is 1. The van der Waals surface area contributed by atoms with Crippen LogP contribution in [0.4, 0.5) is 16.2 Å². The maximum absolute atomic E-state index is 12.7. The Bertz CT molecular complexity index is 1220. The van der Waals surface area contributed by atoms with Gasteiger partial charge < -0.3 is 30.3 Å². The lowest BCUT2D eigenvalue weighted by Gasteiger charge is -2.25. The van der Waals surface area contributed by atoms with Crippen molar-refractivity contribution in [2.75, 3.05) is 44.4 Å². The van der Waals surface area contributed by atoms with Gasteiger partial charge in [0.25, 0.3) is 0 Å². The van der Waals surface area contributed by atoms with Crippen molar-refractivity contribution in [3.8, 4) is 11.5 Å². The van der Waals surface area contributed by atoms with Crippen LogP contribution in [0.25, 0.3) is 0 Å². The third-order valence-electron chi connectivity index (χ3n) is 5.38. The monoisotopic (exact) mass is 511 g/mol. The second kappa shape index (κ2) is 12.2. The summed E-state index contributed by atoms with van der Waals surface area (Å²) in [5.74, 6) is -0.216. The Hall–Kier alpha value is -3.82. The molecule has 0 saturated carbocycles. The van der Waals surface area contributed by atoms with E-state index in [9.17, 15) is 9.59 Å². The Labute approximate surface area is 215 Å². The highest BCUT2D eigenvalue weighted by molar-refractivity contribution is 6.31. The summed E-state index contributed by atoms with van der Waals surface area (Å²) in [6.45, 7) is 3.83. The second-order valence-corrected chi connectivity index (χ2v) is 8.99. The van der Waals surface area contributed by atoms with E-state index in [1.165, 1.54) is 12.3 Å². The summed E-state index contributed by atoms with van der Waals surface area (Å²) in [5, 5.41) is 15.5. The van der Waals surface area contributed by atoms with E-state index in [1.807, 2.05) is 52.3 Å². The summed E-state index contributed by atoms with van der Waals surface area (Å²) in [6.07, 6.45) is 1.38. The van der Waals surface area contributed by atoms with Gasteiger partial charge in [0, 0.05) is 44.0 Å². The van der Waals surface area contributed by atoms with E-state index in [-0.39, 0.29) is 11.7 Å². The third-order valence-corrected chi connectivity index (χ3v) is 5.79. The Morgan fingerprint density at radius 2 is 1.75 bits per heavy atom. The van der Waals surface area contributed by atoms with Gasteiger partial charge in [0.05, 0.1) is 11.4 Å². The van der Waals surface area contributed by atoms with Crippen LogP contribution in [0.2, 0.25) is 5.02 Å². The van der Waals surface area contributed by atoms with Crippen molar-refractivity contribution in [3.05, 3.63) is 76.6 Å². The average Bonchev–Trinajstić information content (AvgIpc) is 2.84. The fraction of sp³-hybridized carbons (Fsp3) is 0.269. The van der Waals surface area contributed by atoms with Gasteiger partial charge in [0.1, 0.15) is 11.5 Å². The molecule has 9 nitrogen and oxygen atoms in total. The van der Waals surface area contributed by atoms with Gasteiger partial charge >= 0.3 is 12.0 Å². The van der Waals surface area contributed by atoms with E-state index < -0.39 is 5.97 Å². The number of aromatic carboxylic acids is 1. The zero-order valence-electron chi connectivity index (χ0n) is 20.7. The standard InChI is InChI=1S/C26H30ClN5O4/c1-17-13-22(24(15-21(17)27)32(4)12-11-31(2)3)30-26(35)29-16-18-5-7-19(8-6-18)36-20-9-10-28-23(14-20)25(33)34/h5-10,13-15H,11-12,16H2,1-4H3,(H,33,34)(H2,29,30,35). The molecule has 0 saturated heterocycles. The quantitative estimate of drug-likeness (QED) is 0.357. The number of carboxylic acid groups (broad SMARTS) is 1. The Balaban J connectivity index is 1.60. The number of hydrogen-bond donors (Lipinski definition) is 3. The van der Waals surface area contributed by atoms with Crippen molar-refractivity contribution < 1.29 is 19.4 Å². The number of pyridine rings is 1. The maximum atomic E-state index is 12.7. The largest absolute Gasteiger partial charge is 0.477 e. The van der Waals surface area contributed by atoms with Crippen molar-refractivity contribution in [3.63, 3.8) is 0 Å². The molecule has 36 heavy (non-hydrogen) atoms. The van der Waals surface area contributed by atoms with Crippen LogP contribution in [0.5, 0.6) is 11.5 Å². The summed E-state index contributed by atoms with van der Waals surface area (Å²) < 4.78 is 5.70. The summed E-state index contributed by atoms with van der Waals surface area (Å²) in [4.78, 5) is 31.6. The maximum Gasteiger partial charge on any atom is 0.354 e. The number of hydrogen-bond acceptors (Lipinski definition) is 6. The minimum Gasteiger partial charge on any atom is -0.477 e. The molecular formula is C26H30ClN5O4. The number of carbonyl (C=O) groups is 2. The van der Waals surface area contributed by atoms with E-state index in [4.69, 9.17) is 21.4 Å². The molecule has 0 aliphatic heterocycles. The van der Waals surface area contributed by atoms with Gasteiger partial charge in [-0.1, -0.05) is 23.7 Å². The summed E-state index contributed by atoms with van der Waals surface area (Å²) in [5.41, 5.74) is 3.16. The van der Waals surface area contributed by atoms with Gasteiger partial charge in [0.2, 0.25) is 0 Å². The van der Waals surface area contributed by atoms with Crippen LogP contribution in [0, 0.1) is 6.92 Å². The molecule has 0 unspecified atom stereocenters. The molecule has 0 spiro atoms. The van der Waals surface area contributed by atoms with Gasteiger partial charge in [-0.05, 0) is 62.5 Å². The Kier molecular flexibility index (Phi) is 9.10. The van der Waals surface area contributed by atoms with Crippen molar-refractivity contribution in [2.24, 2.45) is 0 Å².